The molecule has 0 atom stereocenters. The number of hydrogen-bond acceptors (Lipinski definition) is 5. The first kappa shape index (κ1) is 16.9. The molecule has 21 heavy (non-hydrogen) atoms. The molecule has 0 aromatic heterocycles. The Kier molecular flexibility index (Phi) is 6.14. The third-order valence-corrected chi connectivity index (χ3v) is 3.34. The number of nitrogens with two attached hydrogens (primary N) is 1. The van der Waals surface area contributed by atoms with Crippen molar-refractivity contribution in [2.24, 2.45) is 5.73 Å². The SMILES string of the molecule is CCOC(=O)CS(=O)(=O)Nc1ccc(C#CCN)c(F)c1. The molecule has 0 saturated carbocycles. The van der Waals surface area contributed by atoms with Crippen LogP contribution < -0.4 is 10.5 Å². The second-order valence-corrected chi connectivity index (χ2v) is 5.59. The van der Waals surface area contributed by atoms with Gasteiger partial charge in [-0.1, -0.05) is 11.8 Å². The normalized spacial score (nSPS) is 10.4. The Labute approximate surface area is 122 Å². The van der Waals surface area contributed by atoms with Gasteiger partial charge in [-0.25, -0.2) is 12.8 Å². The van der Waals surface area contributed by atoms with Gasteiger partial charge in [0.1, 0.15) is 5.82 Å². The number of hydrogen-bond donors (Lipinski definition) is 2. The number of halogens is 1. The van der Waals surface area contributed by atoms with E-state index in [1.54, 1.807) is 6.92 Å². The summed E-state index contributed by atoms with van der Waals surface area (Å²) in [5.74, 6) is 2.60. The highest BCUT2D eigenvalue weighted by atomic mass is 32.2. The Morgan fingerprint density at radius 2 is 2.19 bits per heavy atom. The van der Waals surface area contributed by atoms with Gasteiger partial charge in [0.25, 0.3) is 0 Å². The quantitative estimate of drug-likeness (QED) is 0.607. The van der Waals surface area contributed by atoms with E-state index in [2.05, 4.69) is 21.3 Å². The van der Waals surface area contributed by atoms with Crippen molar-refractivity contribution in [2.75, 3.05) is 23.6 Å². The molecule has 8 heteroatoms. The monoisotopic (exact) mass is 314 g/mol. The molecule has 0 aliphatic heterocycles. The minimum atomic E-state index is -3.95. The fourth-order valence-corrected chi connectivity index (χ4v) is 2.35. The molecule has 0 spiro atoms. The lowest BCUT2D eigenvalue weighted by Crippen LogP contribution is -2.24. The van der Waals surface area contributed by atoms with E-state index >= 15 is 0 Å². The number of esters is 1. The highest BCUT2D eigenvalue weighted by Crippen LogP contribution is 2.15. The molecule has 0 heterocycles. The maximum Gasteiger partial charge on any atom is 0.323 e. The molecule has 1 aromatic rings. The second-order valence-electron chi connectivity index (χ2n) is 3.87. The summed E-state index contributed by atoms with van der Waals surface area (Å²) in [7, 11) is -3.95. The molecule has 0 bridgehead atoms. The van der Waals surface area contributed by atoms with E-state index in [1.165, 1.54) is 12.1 Å². The summed E-state index contributed by atoms with van der Waals surface area (Å²) in [6.07, 6.45) is 0. The lowest BCUT2D eigenvalue weighted by atomic mass is 10.2. The summed E-state index contributed by atoms with van der Waals surface area (Å²) in [6.45, 7) is 1.74. The van der Waals surface area contributed by atoms with Gasteiger partial charge in [-0.3, -0.25) is 9.52 Å². The van der Waals surface area contributed by atoms with E-state index in [4.69, 9.17) is 5.73 Å². The van der Waals surface area contributed by atoms with Crippen LogP contribution in [0.4, 0.5) is 10.1 Å². The van der Waals surface area contributed by atoms with Crippen LogP contribution in [0.15, 0.2) is 18.2 Å². The molecule has 0 aliphatic carbocycles. The summed E-state index contributed by atoms with van der Waals surface area (Å²) in [5, 5.41) is 0. The Morgan fingerprint density at radius 3 is 2.76 bits per heavy atom. The fraction of sp³-hybridized carbons (Fsp3) is 0.308. The fourth-order valence-electron chi connectivity index (χ4n) is 1.40. The van der Waals surface area contributed by atoms with E-state index in [9.17, 15) is 17.6 Å². The highest BCUT2D eigenvalue weighted by Gasteiger charge is 2.17. The van der Waals surface area contributed by atoms with Crippen LogP contribution in [0.5, 0.6) is 0 Å². The van der Waals surface area contributed by atoms with Gasteiger partial charge in [-0.15, -0.1) is 0 Å². The minimum absolute atomic E-state index is 0.00454. The molecule has 0 fully saturated rings. The first-order valence-corrected chi connectivity index (χ1v) is 7.67. The molecule has 0 aliphatic rings. The zero-order valence-corrected chi connectivity index (χ0v) is 12.2. The first-order valence-electron chi connectivity index (χ1n) is 6.02. The Hall–Kier alpha value is -2.11. The van der Waals surface area contributed by atoms with Gasteiger partial charge < -0.3 is 10.5 Å². The topological polar surface area (TPSA) is 98.5 Å². The number of rotatable bonds is 5. The third kappa shape index (κ3) is 5.81. The average Bonchev–Trinajstić information content (AvgIpc) is 2.36. The number of benzene rings is 1. The average molecular weight is 314 g/mol. The van der Waals surface area contributed by atoms with E-state index in [-0.39, 0.29) is 24.4 Å². The summed E-state index contributed by atoms with van der Waals surface area (Å²) in [4.78, 5) is 11.1. The maximum absolute atomic E-state index is 13.7. The molecule has 6 nitrogen and oxygen atoms in total. The zero-order valence-electron chi connectivity index (χ0n) is 11.3. The van der Waals surface area contributed by atoms with Crippen LogP contribution in [0.3, 0.4) is 0 Å². The Bertz CT molecular complexity index is 677. The van der Waals surface area contributed by atoms with E-state index in [0.717, 1.165) is 6.07 Å². The number of nitrogens with one attached hydrogen (secondary N) is 1. The minimum Gasteiger partial charge on any atom is -0.465 e. The molecular formula is C13H15FN2O4S. The van der Waals surface area contributed by atoms with Crippen LogP contribution in [0, 0.1) is 17.7 Å². The summed E-state index contributed by atoms with van der Waals surface area (Å²) < 4.78 is 43.6. The van der Waals surface area contributed by atoms with Gasteiger partial charge in [0.15, 0.2) is 5.75 Å². The van der Waals surface area contributed by atoms with Gasteiger partial charge in [0.2, 0.25) is 10.0 Å². The van der Waals surface area contributed by atoms with Crippen molar-refractivity contribution in [3.8, 4) is 11.8 Å². The number of sulfonamides is 1. The largest absolute Gasteiger partial charge is 0.465 e. The summed E-state index contributed by atoms with van der Waals surface area (Å²) >= 11 is 0. The van der Waals surface area contributed by atoms with E-state index < -0.39 is 27.6 Å². The molecule has 0 radical (unpaired) electrons. The van der Waals surface area contributed by atoms with Crippen LogP contribution in [-0.4, -0.2) is 33.3 Å². The maximum atomic E-state index is 13.7. The van der Waals surface area contributed by atoms with Crippen LogP contribution in [0.2, 0.25) is 0 Å². The van der Waals surface area contributed by atoms with Gasteiger partial charge in [0.05, 0.1) is 24.4 Å². The smallest absolute Gasteiger partial charge is 0.323 e. The number of carbonyl (C=O) groups excluding carboxylic acids is 1. The molecular weight excluding hydrogens is 299 g/mol. The van der Waals surface area contributed by atoms with Crippen molar-refractivity contribution < 1.29 is 22.3 Å². The second kappa shape index (κ2) is 7.61. The number of anilines is 1. The van der Waals surface area contributed by atoms with E-state index in [0.29, 0.717) is 0 Å². The standard InChI is InChI=1S/C13H15FN2O4S/c1-2-20-13(17)9-21(18,19)16-11-6-5-10(4-3-7-15)12(14)8-11/h5-6,8,16H,2,7,9,15H2,1H3. The van der Waals surface area contributed by atoms with Gasteiger partial charge in [0, 0.05) is 0 Å². The molecule has 0 saturated heterocycles. The van der Waals surface area contributed by atoms with Gasteiger partial charge in [-0.05, 0) is 25.1 Å². The molecule has 0 amide bonds. The zero-order chi connectivity index (χ0) is 15.9. The van der Waals surface area contributed by atoms with Crippen molar-refractivity contribution in [1.82, 2.24) is 0 Å². The van der Waals surface area contributed by atoms with Crippen molar-refractivity contribution in [1.29, 1.82) is 0 Å². The molecule has 1 rings (SSSR count). The van der Waals surface area contributed by atoms with Crippen molar-refractivity contribution >= 4 is 21.7 Å². The predicted octanol–water partition coefficient (Wildman–Crippen LogP) is 0.441. The summed E-state index contributed by atoms with van der Waals surface area (Å²) in [6, 6.07) is 3.63. The molecule has 1 aromatic carbocycles. The lowest BCUT2D eigenvalue weighted by Gasteiger charge is -2.08. The van der Waals surface area contributed by atoms with Gasteiger partial charge >= 0.3 is 5.97 Å². The first-order chi connectivity index (χ1) is 9.88. The number of carbonyl (C=O) groups is 1. The lowest BCUT2D eigenvalue weighted by molar-refractivity contribution is -0.139. The van der Waals surface area contributed by atoms with Crippen molar-refractivity contribution in [3.05, 3.63) is 29.6 Å². The van der Waals surface area contributed by atoms with Crippen LogP contribution >= 0.6 is 0 Å². The molecule has 3 N–H and O–H groups in total. The number of ether oxygens (including phenoxy) is 1. The Balaban J connectivity index is 2.84. The van der Waals surface area contributed by atoms with Gasteiger partial charge in [-0.2, -0.15) is 0 Å². The van der Waals surface area contributed by atoms with Crippen molar-refractivity contribution in [2.45, 2.75) is 6.92 Å². The van der Waals surface area contributed by atoms with Crippen LogP contribution in [0.25, 0.3) is 0 Å². The van der Waals surface area contributed by atoms with Crippen LogP contribution in [-0.2, 0) is 19.6 Å². The molecule has 0 unspecified atom stereocenters. The molecule has 114 valence electrons. The van der Waals surface area contributed by atoms with Crippen molar-refractivity contribution in [3.63, 3.8) is 0 Å². The predicted molar refractivity (Wildman–Crippen MR) is 76.4 cm³/mol. The van der Waals surface area contributed by atoms with Crippen LogP contribution in [0.1, 0.15) is 12.5 Å². The summed E-state index contributed by atoms with van der Waals surface area (Å²) in [5.41, 5.74) is 5.28. The highest BCUT2D eigenvalue weighted by molar-refractivity contribution is 7.93. The Morgan fingerprint density at radius 1 is 1.48 bits per heavy atom. The third-order valence-electron chi connectivity index (χ3n) is 2.18. The van der Waals surface area contributed by atoms with E-state index in [1.807, 2.05) is 0 Å².